The Morgan fingerprint density at radius 2 is 1.64 bits per heavy atom. The topological polar surface area (TPSA) is 92.5 Å². The molecule has 6 nitrogen and oxygen atoms in total. The molecular weight excluding hydrogens is 409 g/mol. The van der Waals surface area contributed by atoms with Crippen molar-refractivity contribution in [3.63, 3.8) is 0 Å². The summed E-state index contributed by atoms with van der Waals surface area (Å²) in [6, 6.07) is 8.74. The van der Waals surface area contributed by atoms with Crippen LogP contribution in [-0.4, -0.2) is 20.9 Å². The van der Waals surface area contributed by atoms with Gasteiger partial charge < -0.3 is 0 Å². The highest BCUT2D eigenvalue weighted by molar-refractivity contribution is 7.92. The van der Waals surface area contributed by atoms with Gasteiger partial charge in [0.1, 0.15) is 6.54 Å². The third-order valence-electron chi connectivity index (χ3n) is 3.32. The number of halogens is 3. The minimum absolute atomic E-state index is 0.00920. The lowest BCUT2D eigenvalue weighted by atomic mass is 10.2. The van der Waals surface area contributed by atoms with Crippen LogP contribution in [0.25, 0.3) is 0 Å². The van der Waals surface area contributed by atoms with Crippen LogP contribution in [0.2, 0.25) is 15.1 Å². The van der Waals surface area contributed by atoms with Gasteiger partial charge in [0.2, 0.25) is 0 Å². The van der Waals surface area contributed by atoms with Gasteiger partial charge in [-0.25, -0.2) is 14.3 Å². The minimum Gasteiger partial charge on any atom is -0.293 e. The van der Waals surface area contributed by atoms with Crippen LogP contribution in [-0.2, 0) is 14.8 Å². The molecular formula is C15H14Cl3N3O3S. The highest BCUT2D eigenvalue weighted by atomic mass is 35.5. The van der Waals surface area contributed by atoms with E-state index in [1.165, 1.54) is 24.3 Å². The summed E-state index contributed by atoms with van der Waals surface area (Å²) in [4.78, 5) is 11.7. The minimum atomic E-state index is -4.10. The molecule has 134 valence electrons. The van der Waals surface area contributed by atoms with Crippen molar-refractivity contribution < 1.29 is 13.2 Å². The summed E-state index contributed by atoms with van der Waals surface area (Å²) in [7, 11) is -4.10. The molecule has 0 radical (unpaired) electrons. The molecule has 0 spiro atoms. The number of amides is 1. The highest BCUT2D eigenvalue weighted by Crippen LogP contribution is 2.36. The van der Waals surface area contributed by atoms with Crippen molar-refractivity contribution in [1.29, 1.82) is 0 Å². The number of nitrogens with two attached hydrogens (primary N) is 1. The molecule has 2 aromatic rings. The van der Waals surface area contributed by atoms with Gasteiger partial charge in [-0.05, 0) is 31.2 Å². The first-order valence-electron chi connectivity index (χ1n) is 6.90. The van der Waals surface area contributed by atoms with Gasteiger partial charge in [-0.1, -0.05) is 52.5 Å². The number of rotatable bonds is 5. The molecule has 2 rings (SSSR count). The standard InChI is InChI=1S/C15H14Cl3N3O3S/c1-9-2-4-10(5-3-9)25(23,24)21(8-15(22)20-19)14-7-12(17)11(16)6-13(14)18/h2-7H,8,19H2,1H3,(H,20,22). The summed E-state index contributed by atoms with van der Waals surface area (Å²) < 4.78 is 26.9. The molecule has 0 bridgehead atoms. The van der Waals surface area contributed by atoms with Crippen molar-refractivity contribution in [3.05, 3.63) is 57.0 Å². The molecule has 0 aromatic heterocycles. The molecule has 0 heterocycles. The number of hydrazine groups is 1. The van der Waals surface area contributed by atoms with Crippen LogP contribution in [0.15, 0.2) is 41.3 Å². The molecule has 3 N–H and O–H groups in total. The molecule has 2 aromatic carbocycles. The van der Waals surface area contributed by atoms with Crippen molar-refractivity contribution in [2.24, 2.45) is 5.84 Å². The lowest BCUT2D eigenvalue weighted by Gasteiger charge is -2.25. The van der Waals surface area contributed by atoms with Crippen LogP contribution in [0, 0.1) is 6.92 Å². The fraction of sp³-hybridized carbons (Fsp3) is 0.133. The van der Waals surface area contributed by atoms with E-state index < -0.39 is 22.5 Å². The quantitative estimate of drug-likeness (QED) is 0.335. The summed E-state index contributed by atoms with van der Waals surface area (Å²) in [6.45, 7) is 1.25. The Labute approximate surface area is 160 Å². The molecule has 0 fully saturated rings. The van der Waals surface area contributed by atoms with Gasteiger partial charge in [-0.3, -0.25) is 14.5 Å². The number of sulfonamides is 1. The Hall–Kier alpha value is -1.51. The number of carbonyl (C=O) groups is 1. The Kier molecular flexibility index (Phi) is 6.18. The number of hydrogen-bond donors (Lipinski definition) is 2. The zero-order valence-electron chi connectivity index (χ0n) is 13.0. The first kappa shape index (κ1) is 19.8. The Balaban J connectivity index is 2.62. The monoisotopic (exact) mass is 421 g/mol. The number of nitrogens with zero attached hydrogens (tertiary/aromatic N) is 1. The SMILES string of the molecule is Cc1ccc(S(=O)(=O)N(CC(=O)NN)c2cc(Cl)c(Cl)cc2Cl)cc1. The molecule has 0 aliphatic heterocycles. The van der Waals surface area contributed by atoms with Gasteiger partial charge in [0, 0.05) is 0 Å². The summed E-state index contributed by atoms with van der Waals surface area (Å²) in [5, 5.41) is 0.277. The van der Waals surface area contributed by atoms with E-state index in [-0.39, 0.29) is 25.7 Å². The van der Waals surface area contributed by atoms with E-state index >= 15 is 0 Å². The van der Waals surface area contributed by atoms with Crippen LogP contribution in [0.4, 0.5) is 5.69 Å². The summed E-state index contributed by atoms with van der Waals surface area (Å²) in [6.07, 6.45) is 0. The number of benzene rings is 2. The maximum absolute atomic E-state index is 13.0. The number of nitrogens with one attached hydrogen (secondary N) is 1. The molecule has 10 heteroatoms. The van der Waals surface area contributed by atoms with Gasteiger partial charge in [-0.15, -0.1) is 0 Å². The first-order valence-corrected chi connectivity index (χ1v) is 9.47. The molecule has 0 saturated carbocycles. The summed E-state index contributed by atoms with van der Waals surface area (Å²) in [5.74, 6) is 4.37. The lowest BCUT2D eigenvalue weighted by Crippen LogP contribution is -2.43. The van der Waals surface area contributed by atoms with Crippen molar-refractivity contribution in [2.45, 2.75) is 11.8 Å². The second-order valence-electron chi connectivity index (χ2n) is 5.11. The van der Waals surface area contributed by atoms with Crippen LogP contribution in [0.5, 0.6) is 0 Å². The summed E-state index contributed by atoms with van der Waals surface area (Å²) in [5.41, 5.74) is 2.80. The zero-order valence-corrected chi connectivity index (χ0v) is 16.0. The Bertz CT molecular complexity index is 902. The fourth-order valence-electron chi connectivity index (χ4n) is 2.02. The third-order valence-corrected chi connectivity index (χ3v) is 6.11. The predicted octanol–water partition coefficient (Wildman–Crippen LogP) is 3.14. The van der Waals surface area contributed by atoms with E-state index in [1.54, 1.807) is 12.1 Å². The van der Waals surface area contributed by atoms with Crippen molar-refractivity contribution in [1.82, 2.24) is 5.43 Å². The average Bonchev–Trinajstić information content (AvgIpc) is 2.56. The maximum Gasteiger partial charge on any atom is 0.264 e. The van der Waals surface area contributed by atoms with Crippen molar-refractivity contribution in [3.8, 4) is 0 Å². The van der Waals surface area contributed by atoms with Crippen LogP contribution < -0.4 is 15.6 Å². The van der Waals surface area contributed by atoms with Crippen LogP contribution in [0.1, 0.15) is 5.56 Å². The van der Waals surface area contributed by atoms with E-state index in [2.05, 4.69) is 0 Å². The van der Waals surface area contributed by atoms with Crippen molar-refractivity contribution in [2.75, 3.05) is 10.8 Å². The molecule has 0 unspecified atom stereocenters. The second kappa shape index (κ2) is 7.80. The van der Waals surface area contributed by atoms with E-state index in [4.69, 9.17) is 40.6 Å². The molecule has 0 saturated heterocycles. The number of aryl methyl sites for hydroxylation is 1. The van der Waals surface area contributed by atoms with Gasteiger partial charge in [0.25, 0.3) is 15.9 Å². The fourth-order valence-corrected chi connectivity index (χ4v) is 4.14. The molecule has 1 amide bonds. The van der Waals surface area contributed by atoms with E-state index in [0.29, 0.717) is 0 Å². The van der Waals surface area contributed by atoms with E-state index in [1.807, 2.05) is 12.3 Å². The predicted molar refractivity (Wildman–Crippen MR) is 99.5 cm³/mol. The maximum atomic E-state index is 13.0. The normalized spacial score (nSPS) is 11.2. The number of anilines is 1. The molecule has 0 atom stereocenters. The van der Waals surface area contributed by atoms with Gasteiger partial charge in [-0.2, -0.15) is 0 Å². The van der Waals surface area contributed by atoms with Crippen LogP contribution in [0.3, 0.4) is 0 Å². The van der Waals surface area contributed by atoms with Gasteiger partial charge >= 0.3 is 0 Å². The van der Waals surface area contributed by atoms with Gasteiger partial charge in [0.15, 0.2) is 0 Å². The van der Waals surface area contributed by atoms with E-state index in [9.17, 15) is 13.2 Å². The lowest BCUT2D eigenvalue weighted by molar-refractivity contribution is -0.119. The second-order valence-corrected chi connectivity index (χ2v) is 8.19. The smallest absolute Gasteiger partial charge is 0.264 e. The van der Waals surface area contributed by atoms with E-state index in [0.717, 1.165) is 9.87 Å². The zero-order chi connectivity index (χ0) is 18.8. The largest absolute Gasteiger partial charge is 0.293 e. The Morgan fingerprint density at radius 3 is 2.20 bits per heavy atom. The first-order chi connectivity index (χ1) is 11.7. The molecule has 25 heavy (non-hydrogen) atoms. The summed E-state index contributed by atoms with van der Waals surface area (Å²) >= 11 is 18.0. The molecule has 0 aliphatic carbocycles. The van der Waals surface area contributed by atoms with Crippen LogP contribution >= 0.6 is 34.8 Å². The molecule has 0 aliphatic rings. The third kappa shape index (κ3) is 4.37. The average molecular weight is 423 g/mol. The number of hydrogen-bond acceptors (Lipinski definition) is 4. The van der Waals surface area contributed by atoms with Gasteiger partial charge in [0.05, 0.1) is 25.7 Å². The number of carbonyl (C=O) groups excluding carboxylic acids is 1. The highest BCUT2D eigenvalue weighted by Gasteiger charge is 2.29. The van der Waals surface area contributed by atoms with Crippen molar-refractivity contribution >= 4 is 56.4 Å². The Morgan fingerprint density at radius 1 is 1.08 bits per heavy atom.